The summed E-state index contributed by atoms with van der Waals surface area (Å²) in [6.07, 6.45) is 2.62. The van der Waals surface area contributed by atoms with E-state index in [1.54, 1.807) is 0 Å². The molecule has 2 rings (SSSR count). The Hall–Kier alpha value is -1.06. The number of nitrogens with one attached hydrogen (secondary N) is 1. The Balaban J connectivity index is 1.92. The molecule has 1 aromatic rings. The van der Waals surface area contributed by atoms with Crippen LogP contribution in [0.1, 0.15) is 25.3 Å². The van der Waals surface area contributed by atoms with Crippen LogP contribution in [0.5, 0.6) is 0 Å². The Morgan fingerprint density at radius 1 is 1.30 bits per heavy atom. The van der Waals surface area contributed by atoms with Crippen molar-refractivity contribution >= 4 is 5.69 Å². The minimum Gasteiger partial charge on any atom is -0.382 e. The van der Waals surface area contributed by atoms with Gasteiger partial charge in [0.15, 0.2) is 0 Å². The van der Waals surface area contributed by atoms with E-state index in [1.807, 2.05) is 0 Å². The van der Waals surface area contributed by atoms with Gasteiger partial charge in [-0.05, 0) is 77.6 Å². The van der Waals surface area contributed by atoms with E-state index in [9.17, 15) is 0 Å². The summed E-state index contributed by atoms with van der Waals surface area (Å²) in [4.78, 5) is 4.64. The molecule has 1 atom stereocenters. The van der Waals surface area contributed by atoms with E-state index < -0.39 is 0 Å². The van der Waals surface area contributed by atoms with Gasteiger partial charge >= 0.3 is 0 Å². The van der Waals surface area contributed by atoms with Crippen LogP contribution in [-0.2, 0) is 6.54 Å². The molecule has 3 nitrogen and oxygen atoms in total. The van der Waals surface area contributed by atoms with Gasteiger partial charge in [0, 0.05) is 18.3 Å². The molecule has 0 saturated carbocycles. The highest BCUT2D eigenvalue weighted by Gasteiger charge is 2.22. The predicted octanol–water partition coefficient (Wildman–Crippen LogP) is 2.89. The summed E-state index contributed by atoms with van der Waals surface area (Å²) in [5, 5.41) is 3.70. The smallest absolute Gasteiger partial charge is 0.0345 e. The second-order valence-corrected chi connectivity index (χ2v) is 6.51. The normalized spacial score (nSPS) is 19.2. The molecule has 3 heteroatoms. The molecule has 1 unspecified atom stereocenters. The SMILES string of the molecule is CC(Nc1cccc(CN(C)C)c1)C1CCN(C)CC1. The quantitative estimate of drug-likeness (QED) is 0.891. The minimum atomic E-state index is 0.554. The van der Waals surface area contributed by atoms with Crippen molar-refractivity contribution in [1.82, 2.24) is 9.80 Å². The molecule has 1 aliphatic rings. The fraction of sp³-hybridized carbons (Fsp3) is 0.647. The number of nitrogens with zero attached hydrogens (tertiary/aromatic N) is 2. The van der Waals surface area contributed by atoms with Crippen molar-refractivity contribution in [2.75, 3.05) is 39.5 Å². The molecule has 1 aliphatic heterocycles. The van der Waals surface area contributed by atoms with Crippen molar-refractivity contribution in [3.8, 4) is 0 Å². The molecule has 1 saturated heterocycles. The van der Waals surface area contributed by atoms with Gasteiger partial charge in [-0.25, -0.2) is 0 Å². The summed E-state index contributed by atoms with van der Waals surface area (Å²) in [6, 6.07) is 9.38. The number of likely N-dealkylation sites (tertiary alicyclic amines) is 1. The summed E-state index contributed by atoms with van der Waals surface area (Å²) >= 11 is 0. The van der Waals surface area contributed by atoms with Gasteiger partial charge in [0.2, 0.25) is 0 Å². The van der Waals surface area contributed by atoms with E-state index in [0.717, 1.165) is 12.5 Å². The molecular formula is C17H29N3. The third-order valence-corrected chi connectivity index (χ3v) is 4.29. The van der Waals surface area contributed by atoms with Crippen molar-refractivity contribution in [2.45, 2.75) is 32.4 Å². The first-order valence-electron chi connectivity index (χ1n) is 7.73. The Kier molecular flexibility index (Phi) is 5.44. The first-order valence-corrected chi connectivity index (χ1v) is 7.73. The summed E-state index contributed by atoms with van der Waals surface area (Å²) in [7, 11) is 6.45. The molecule has 112 valence electrons. The maximum absolute atomic E-state index is 3.70. The maximum atomic E-state index is 3.70. The van der Waals surface area contributed by atoms with Gasteiger partial charge in [0.1, 0.15) is 0 Å². The lowest BCUT2D eigenvalue weighted by molar-refractivity contribution is 0.208. The van der Waals surface area contributed by atoms with Gasteiger partial charge in [-0.15, -0.1) is 0 Å². The van der Waals surface area contributed by atoms with E-state index in [2.05, 4.69) is 67.4 Å². The molecule has 0 amide bonds. The number of hydrogen-bond donors (Lipinski definition) is 1. The van der Waals surface area contributed by atoms with Gasteiger partial charge in [-0.2, -0.15) is 0 Å². The molecule has 0 radical (unpaired) electrons. The standard InChI is InChI=1S/C17H29N3/c1-14(16-8-10-20(4)11-9-16)18-17-7-5-6-15(12-17)13-19(2)3/h5-7,12,14,16,18H,8-11,13H2,1-4H3. The van der Waals surface area contributed by atoms with Crippen LogP contribution in [0.15, 0.2) is 24.3 Å². The Labute approximate surface area is 124 Å². The van der Waals surface area contributed by atoms with Gasteiger partial charge in [0.25, 0.3) is 0 Å². The monoisotopic (exact) mass is 275 g/mol. The zero-order valence-electron chi connectivity index (χ0n) is 13.4. The van der Waals surface area contributed by atoms with Crippen LogP contribution in [0, 0.1) is 5.92 Å². The predicted molar refractivity (Wildman–Crippen MR) is 87.1 cm³/mol. The minimum absolute atomic E-state index is 0.554. The second-order valence-electron chi connectivity index (χ2n) is 6.51. The van der Waals surface area contributed by atoms with Crippen LogP contribution < -0.4 is 5.32 Å². The summed E-state index contributed by atoms with van der Waals surface area (Å²) in [5.74, 6) is 0.795. The Morgan fingerprint density at radius 3 is 2.65 bits per heavy atom. The van der Waals surface area contributed by atoms with E-state index >= 15 is 0 Å². The third-order valence-electron chi connectivity index (χ3n) is 4.29. The number of anilines is 1. The zero-order chi connectivity index (χ0) is 14.5. The van der Waals surface area contributed by atoms with Crippen LogP contribution in [0.3, 0.4) is 0 Å². The maximum Gasteiger partial charge on any atom is 0.0345 e. The lowest BCUT2D eigenvalue weighted by Gasteiger charge is -2.33. The highest BCUT2D eigenvalue weighted by Crippen LogP contribution is 2.23. The molecule has 20 heavy (non-hydrogen) atoms. The second kappa shape index (κ2) is 7.09. The van der Waals surface area contributed by atoms with Gasteiger partial charge in [0.05, 0.1) is 0 Å². The molecule has 0 bridgehead atoms. The highest BCUT2D eigenvalue weighted by atomic mass is 15.1. The molecule has 1 fully saturated rings. The van der Waals surface area contributed by atoms with Crippen LogP contribution in [0.25, 0.3) is 0 Å². The average Bonchev–Trinajstić information content (AvgIpc) is 2.39. The third kappa shape index (κ3) is 4.50. The lowest BCUT2D eigenvalue weighted by Crippen LogP contribution is -2.37. The largest absolute Gasteiger partial charge is 0.382 e. The van der Waals surface area contributed by atoms with Crippen molar-refractivity contribution in [3.63, 3.8) is 0 Å². The van der Waals surface area contributed by atoms with Gasteiger partial charge in [-0.1, -0.05) is 12.1 Å². The Bertz CT molecular complexity index is 408. The number of piperidine rings is 1. The molecule has 1 aromatic carbocycles. The van der Waals surface area contributed by atoms with Crippen molar-refractivity contribution in [2.24, 2.45) is 5.92 Å². The van der Waals surface area contributed by atoms with Gasteiger partial charge < -0.3 is 15.1 Å². The first-order chi connectivity index (χ1) is 9.54. The van der Waals surface area contributed by atoms with Crippen LogP contribution in [0.4, 0.5) is 5.69 Å². The number of hydrogen-bond acceptors (Lipinski definition) is 3. The molecule has 0 aliphatic carbocycles. The van der Waals surface area contributed by atoms with E-state index in [1.165, 1.54) is 37.2 Å². The van der Waals surface area contributed by atoms with Crippen molar-refractivity contribution < 1.29 is 0 Å². The molecule has 1 heterocycles. The van der Waals surface area contributed by atoms with E-state index in [-0.39, 0.29) is 0 Å². The number of rotatable bonds is 5. The van der Waals surface area contributed by atoms with Crippen LogP contribution in [0.2, 0.25) is 0 Å². The van der Waals surface area contributed by atoms with Crippen LogP contribution >= 0.6 is 0 Å². The van der Waals surface area contributed by atoms with E-state index in [4.69, 9.17) is 0 Å². The first kappa shape index (κ1) is 15.3. The van der Waals surface area contributed by atoms with Crippen molar-refractivity contribution in [3.05, 3.63) is 29.8 Å². The topological polar surface area (TPSA) is 18.5 Å². The van der Waals surface area contributed by atoms with Gasteiger partial charge in [-0.3, -0.25) is 0 Å². The Morgan fingerprint density at radius 2 is 2.00 bits per heavy atom. The zero-order valence-corrected chi connectivity index (χ0v) is 13.4. The molecule has 1 N–H and O–H groups in total. The van der Waals surface area contributed by atoms with E-state index in [0.29, 0.717) is 6.04 Å². The number of benzene rings is 1. The fourth-order valence-electron chi connectivity index (χ4n) is 3.03. The van der Waals surface area contributed by atoms with Crippen LogP contribution in [-0.4, -0.2) is 50.1 Å². The fourth-order valence-corrected chi connectivity index (χ4v) is 3.03. The molecule has 0 aromatic heterocycles. The summed E-state index contributed by atoms with van der Waals surface area (Å²) in [5.41, 5.74) is 2.63. The summed E-state index contributed by atoms with van der Waals surface area (Å²) in [6.45, 7) is 5.79. The highest BCUT2D eigenvalue weighted by molar-refractivity contribution is 5.46. The average molecular weight is 275 g/mol. The summed E-state index contributed by atoms with van der Waals surface area (Å²) < 4.78 is 0. The lowest BCUT2D eigenvalue weighted by atomic mass is 9.90. The molecule has 0 spiro atoms. The van der Waals surface area contributed by atoms with Crippen molar-refractivity contribution in [1.29, 1.82) is 0 Å². The molecular weight excluding hydrogens is 246 g/mol.